The summed E-state index contributed by atoms with van der Waals surface area (Å²) < 4.78 is 1.68. The maximum atomic E-state index is 12.0. The molecular formula is C19H17NO3. The molecule has 23 heavy (non-hydrogen) atoms. The molecule has 4 nitrogen and oxygen atoms in total. The lowest BCUT2D eigenvalue weighted by atomic mass is 9.97. The Morgan fingerprint density at radius 3 is 2.35 bits per heavy atom. The summed E-state index contributed by atoms with van der Waals surface area (Å²) in [4.78, 5) is 22.9. The predicted molar refractivity (Wildman–Crippen MR) is 90.0 cm³/mol. The van der Waals surface area contributed by atoms with Crippen molar-refractivity contribution in [2.24, 2.45) is 0 Å². The van der Waals surface area contributed by atoms with E-state index in [9.17, 15) is 9.59 Å². The summed E-state index contributed by atoms with van der Waals surface area (Å²) in [6.07, 6.45) is 2.27. The van der Waals surface area contributed by atoms with Crippen LogP contribution in [0.4, 0.5) is 0 Å². The first kappa shape index (κ1) is 15.0. The van der Waals surface area contributed by atoms with E-state index < -0.39 is 5.97 Å². The number of benzene rings is 2. The Labute approximate surface area is 134 Å². The van der Waals surface area contributed by atoms with Crippen molar-refractivity contribution in [2.75, 3.05) is 0 Å². The van der Waals surface area contributed by atoms with Crippen LogP contribution in [0.15, 0.2) is 48.7 Å². The number of nitrogens with zero attached hydrogens (tertiary/aromatic N) is 1. The minimum atomic E-state index is -0.932. The highest BCUT2D eigenvalue weighted by atomic mass is 16.4. The molecule has 1 aromatic heterocycles. The topological polar surface area (TPSA) is 59.3 Å². The molecule has 3 aromatic rings. The lowest BCUT2D eigenvalue weighted by Crippen LogP contribution is -2.06. The molecule has 0 fully saturated rings. The van der Waals surface area contributed by atoms with Gasteiger partial charge in [0.25, 0.3) is 0 Å². The highest BCUT2D eigenvalue weighted by molar-refractivity contribution is 5.97. The lowest BCUT2D eigenvalue weighted by Gasteiger charge is -2.09. The second-order valence-electron chi connectivity index (χ2n) is 5.49. The normalized spacial score (nSPS) is 10.9. The van der Waals surface area contributed by atoms with Crippen LogP contribution in [0.3, 0.4) is 0 Å². The number of carboxylic acid groups (broad SMARTS) is 1. The number of aryl methyl sites for hydroxylation is 1. The van der Waals surface area contributed by atoms with Crippen LogP contribution >= 0.6 is 0 Å². The Morgan fingerprint density at radius 1 is 1.04 bits per heavy atom. The molecule has 116 valence electrons. The molecule has 3 rings (SSSR count). The van der Waals surface area contributed by atoms with Crippen molar-refractivity contribution in [3.05, 3.63) is 59.8 Å². The molecule has 0 aliphatic rings. The van der Waals surface area contributed by atoms with Gasteiger partial charge in [-0.25, -0.2) is 4.79 Å². The molecule has 0 spiro atoms. The Morgan fingerprint density at radius 2 is 1.74 bits per heavy atom. The molecule has 0 saturated heterocycles. The summed E-state index contributed by atoms with van der Waals surface area (Å²) in [6, 6.07) is 12.7. The number of carboxylic acids is 1. The number of aromatic nitrogens is 1. The number of hydrogen-bond donors (Lipinski definition) is 1. The molecule has 0 amide bonds. The fourth-order valence-corrected chi connectivity index (χ4v) is 2.86. The molecule has 0 radical (unpaired) electrons. The number of hydrogen-bond acceptors (Lipinski definition) is 2. The number of rotatable bonds is 3. The predicted octanol–water partition coefficient (Wildman–Crippen LogP) is 4.37. The van der Waals surface area contributed by atoms with Gasteiger partial charge in [0.15, 0.2) is 0 Å². The second-order valence-corrected chi connectivity index (χ2v) is 5.49. The zero-order chi connectivity index (χ0) is 16.6. The standard InChI is InChI=1S/C19H17NO3/c1-3-18(21)20-11-10-16-12(2)15(8-9-17(16)20)13-4-6-14(7-5-13)19(22)23/h4-11H,3H2,1-2H3,(H,22,23). The molecule has 0 unspecified atom stereocenters. The Kier molecular flexibility index (Phi) is 3.74. The minimum absolute atomic E-state index is 0.0676. The van der Waals surface area contributed by atoms with Gasteiger partial charge in [-0.3, -0.25) is 9.36 Å². The van der Waals surface area contributed by atoms with Crippen molar-refractivity contribution < 1.29 is 14.7 Å². The third-order valence-corrected chi connectivity index (χ3v) is 4.16. The zero-order valence-electron chi connectivity index (χ0n) is 13.0. The fraction of sp³-hybridized carbons (Fsp3) is 0.158. The largest absolute Gasteiger partial charge is 0.478 e. The molecule has 0 bridgehead atoms. The van der Waals surface area contributed by atoms with Crippen LogP contribution in [0.1, 0.15) is 34.1 Å². The van der Waals surface area contributed by atoms with E-state index in [1.165, 1.54) is 0 Å². The Balaban J connectivity index is 2.11. The van der Waals surface area contributed by atoms with E-state index in [1.807, 2.05) is 44.2 Å². The number of fused-ring (bicyclic) bond motifs is 1. The first-order chi connectivity index (χ1) is 11.0. The number of carbonyl (C=O) groups excluding carboxylic acids is 1. The summed E-state index contributed by atoms with van der Waals surface area (Å²) in [5.41, 5.74) is 4.25. The van der Waals surface area contributed by atoms with Crippen LogP contribution in [0.25, 0.3) is 22.0 Å². The van der Waals surface area contributed by atoms with Gasteiger partial charge in [0.2, 0.25) is 5.91 Å². The van der Waals surface area contributed by atoms with Gasteiger partial charge in [-0.2, -0.15) is 0 Å². The van der Waals surface area contributed by atoms with Crippen molar-refractivity contribution in [1.82, 2.24) is 4.57 Å². The molecule has 4 heteroatoms. The third kappa shape index (κ3) is 2.52. The Bertz CT molecular complexity index is 904. The van der Waals surface area contributed by atoms with E-state index in [1.54, 1.807) is 22.9 Å². The Hall–Kier alpha value is -2.88. The summed E-state index contributed by atoms with van der Waals surface area (Å²) >= 11 is 0. The quantitative estimate of drug-likeness (QED) is 0.782. The summed E-state index contributed by atoms with van der Waals surface area (Å²) in [6.45, 7) is 3.86. The van der Waals surface area contributed by atoms with Gasteiger partial charge < -0.3 is 5.11 Å². The average molecular weight is 307 g/mol. The minimum Gasteiger partial charge on any atom is -0.478 e. The van der Waals surface area contributed by atoms with E-state index >= 15 is 0 Å². The van der Waals surface area contributed by atoms with Crippen LogP contribution in [0.5, 0.6) is 0 Å². The zero-order valence-corrected chi connectivity index (χ0v) is 13.0. The van der Waals surface area contributed by atoms with E-state index in [-0.39, 0.29) is 11.5 Å². The van der Waals surface area contributed by atoms with Crippen LogP contribution in [-0.2, 0) is 0 Å². The van der Waals surface area contributed by atoms with Crippen molar-refractivity contribution >= 4 is 22.8 Å². The van der Waals surface area contributed by atoms with E-state index in [4.69, 9.17) is 5.11 Å². The molecule has 1 N–H and O–H groups in total. The van der Waals surface area contributed by atoms with Crippen LogP contribution in [-0.4, -0.2) is 21.6 Å². The molecule has 0 aliphatic carbocycles. The van der Waals surface area contributed by atoms with Gasteiger partial charge in [-0.15, -0.1) is 0 Å². The van der Waals surface area contributed by atoms with Crippen molar-refractivity contribution in [1.29, 1.82) is 0 Å². The van der Waals surface area contributed by atoms with Gasteiger partial charge in [0.1, 0.15) is 0 Å². The van der Waals surface area contributed by atoms with Crippen LogP contribution in [0, 0.1) is 6.92 Å². The fourth-order valence-electron chi connectivity index (χ4n) is 2.86. The molecule has 1 heterocycles. The maximum Gasteiger partial charge on any atom is 0.335 e. The molecular weight excluding hydrogens is 290 g/mol. The lowest BCUT2D eigenvalue weighted by molar-refractivity contribution is 0.0696. The summed E-state index contributed by atoms with van der Waals surface area (Å²) in [7, 11) is 0. The van der Waals surface area contributed by atoms with Crippen molar-refractivity contribution in [3.8, 4) is 11.1 Å². The first-order valence-corrected chi connectivity index (χ1v) is 7.50. The van der Waals surface area contributed by atoms with Gasteiger partial charge in [-0.1, -0.05) is 25.1 Å². The molecule has 0 saturated carbocycles. The highest BCUT2D eigenvalue weighted by Gasteiger charge is 2.12. The second kappa shape index (κ2) is 5.72. The van der Waals surface area contributed by atoms with Crippen molar-refractivity contribution in [3.63, 3.8) is 0 Å². The molecule has 0 aliphatic heterocycles. The monoisotopic (exact) mass is 307 g/mol. The van der Waals surface area contributed by atoms with Gasteiger partial charge in [0.05, 0.1) is 11.1 Å². The summed E-state index contributed by atoms with van der Waals surface area (Å²) in [5, 5.41) is 10.0. The van der Waals surface area contributed by atoms with E-state index in [0.29, 0.717) is 6.42 Å². The molecule has 0 atom stereocenters. The highest BCUT2D eigenvalue weighted by Crippen LogP contribution is 2.30. The van der Waals surface area contributed by atoms with Gasteiger partial charge in [-0.05, 0) is 47.9 Å². The van der Waals surface area contributed by atoms with Gasteiger partial charge in [0, 0.05) is 18.0 Å². The average Bonchev–Trinajstić information content (AvgIpc) is 2.99. The third-order valence-electron chi connectivity index (χ3n) is 4.16. The summed E-state index contributed by atoms with van der Waals surface area (Å²) in [5.74, 6) is -0.864. The molecule has 2 aromatic carbocycles. The van der Waals surface area contributed by atoms with Gasteiger partial charge >= 0.3 is 5.97 Å². The SMILES string of the molecule is CCC(=O)n1ccc2c(C)c(-c3ccc(C(=O)O)cc3)ccc21. The smallest absolute Gasteiger partial charge is 0.335 e. The first-order valence-electron chi connectivity index (χ1n) is 7.50. The van der Waals surface area contributed by atoms with E-state index in [0.717, 1.165) is 27.6 Å². The van der Waals surface area contributed by atoms with Crippen LogP contribution in [0.2, 0.25) is 0 Å². The van der Waals surface area contributed by atoms with Crippen LogP contribution < -0.4 is 0 Å². The number of carbonyl (C=O) groups is 2. The number of aromatic carboxylic acids is 1. The van der Waals surface area contributed by atoms with E-state index in [2.05, 4.69) is 0 Å². The maximum absolute atomic E-state index is 12.0. The van der Waals surface area contributed by atoms with Crippen molar-refractivity contribution in [2.45, 2.75) is 20.3 Å².